The van der Waals surface area contributed by atoms with Gasteiger partial charge in [-0.2, -0.15) is 0 Å². The predicted octanol–water partition coefficient (Wildman–Crippen LogP) is 7.02. The SMILES string of the molecule is CCc1ccccc1Nc1nc(-c2ccc(Br)cc2)nc2cc(Cl)ccc12. The summed E-state index contributed by atoms with van der Waals surface area (Å²) >= 11 is 9.68. The molecule has 0 aliphatic carbocycles. The molecule has 0 unspecified atom stereocenters. The Morgan fingerprint density at radius 1 is 0.963 bits per heavy atom. The van der Waals surface area contributed by atoms with Crippen molar-refractivity contribution in [2.24, 2.45) is 0 Å². The third-order valence-corrected chi connectivity index (χ3v) is 5.18. The van der Waals surface area contributed by atoms with Gasteiger partial charge in [-0.25, -0.2) is 9.97 Å². The number of aromatic nitrogens is 2. The number of halogens is 2. The van der Waals surface area contributed by atoms with Crippen LogP contribution in [0.3, 0.4) is 0 Å². The molecule has 5 heteroatoms. The molecule has 0 aliphatic heterocycles. The molecule has 1 N–H and O–H groups in total. The normalized spacial score (nSPS) is 10.9. The van der Waals surface area contributed by atoms with Gasteiger partial charge in [-0.05, 0) is 48.4 Å². The lowest BCUT2D eigenvalue weighted by Gasteiger charge is -2.14. The Bertz CT molecular complexity index is 1110. The molecule has 0 aliphatic rings. The number of hydrogen-bond acceptors (Lipinski definition) is 3. The van der Waals surface area contributed by atoms with Gasteiger partial charge in [0, 0.05) is 26.1 Å². The smallest absolute Gasteiger partial charge is 0.162 e. The number of hydrogen-bond donors (Lipinski definition) is 1. The van der Waals surface area contributed by atoms with Crippen molar-refractivity contribution in [2.75, 3.05) is 5.32 Å². The third kappa shape index (κ3) is 3.82. The van der Waals surface area contributed by atoms with Crippen molar-refractivity contribution in [3.05, 3.63) is 81.8 Å². The molecule has 1 aromatic heterocycles. The van der Waals surface area contributed by atoms with Gasteiger partial charge in [0.05, 0.1) is 5.52 Å². The van der Waals surface area contributed by atoms with Crippen LogP contribution in [0.15, 0.2) is 71.2 Å². The first-order valence-corrected chi connectivity index (χ1v) is 9.89. The molecule has 0 amide bonds. The molecule has 0 spiro atoms. The highest BCUT2D eigenvalue weighted by molar-refractivity contribution is 9.10. The predicted molar refractivity (Wildman–Crippen MR) is 117 cm³/mol. The summed E-state index contributed by atoms with van der Waals surface area (Å²) in [6.07, 6.45) is 0.942. The maximum atomic E-state index is 6.21. The van der Waals surface area contributed by atoms with Crippen molar-refractivity contribution < 1.29 is 0 Å². The highest BCUT2D eigenvalue weighted by Gasteiger charge is 2.11. The number of fused-ring (bicyclic) bond motifs is 1. The number of nitrogens with one attached hydrogen (secondary N) is 1. The number of para-hydroxylation sites is 1. The first-order chi connectivity index (χ1) is 13.1. The molecular formula is C22H17BrClN3. The van der Waals surface area contributed by atoms with Gasteiger partial charge >= 0.3 is 0 Å². The minimum Gasteiger partial charge on any atom is -0.339 e. The van der Waals surface area contributed by atoms with Crippen LogP contribution in [-0.4, -0.2) is 9.97 Å². The molecule has 0 bridgehead atoms. The van der Waals surface area contributed by atoms with E-state index in [2.05, 4.69) is 46.4 Å². The maximum absolute atomic E-state index is 6.21. The molecule has 4 rings (SSSR count). The van der Waals surface area contributed by atoms with Crippen molar-refractivity contribution in [3.63, 3.8) is 0 Å². The molecule has 0 radical (unpaired) electrons. The van der Waals surface area contributed by atoms with E-state index in [9.17, 15) is 0 Å². The van der Waals surface area contributed by atoms with Crippen molar-refractivity contribution in [2.45, 2.75) is 13.3 Å². The molecule has 1 heterocycles. The van der Waals surface area contributed by atoms with Gasteiger partial charge in [-0.15, -0.1) is 0 Å². The lowest BCUT2D eigenvalue weighted by molar-refractivity contribution is 1.14. The van der Waals surface area contributed by atoms with E-state index in [4.69, 9.17) is 21.6 Å². The van der Waals surface area contributed by atoms with Crippen LogP contribution in [0.4, 0.5) is 11.5 Å². The van der Waals surface area contributed by atoms with E-state index >= 15 is 0 Å². The Balaban J connectivity index is 1.88. The summed E-state index contributed by atoms with van der Waals surface area (Å²) in [7, 11) is 0. The number of nitrogens with zero attached hydrogens (tertiary/aromatic N) is 2. The molecule has 0 atom stereocenters. The summed E-state index contributed by atoms with van der Waals surface area (Å²) in [5.41, 5.74) is 4.05. The quantitative estimate of drug-likeness (QED) is 0.372. The fourth-order valence-corrected chi connectivity index (χ4v) is 3.43. The molecule has 3 nitrogen and oxygen atoms in total. The largest absolute Gasteiger partial charge is 0.339 e. The summed E-state index contributed by atoms with van der Waals surface area (Å²) in [4.78, 5) is 9.55. The molecule has 0 saturated carbocycles. The zero-order valence-electron chi connectivity index (χ0n) is 14.7. The monoisotopic (exact) mass is 437 g/mol. The van der Waals surface area contributed by atoms with Crippen LogP contribution in [0, 0.1) is 0 Å². The highest BCUT2D eigenvalue weighted by atomic mass is 79.9. The minimum absolute atomic E-state index is 0.655. The summed E-state index contributed by atoms with van der Waals surface area (Å²) in [6.45, 7) is 2.14. The third-order valence-electron chi connectivity index (χ3n) is 4.41. The van der Waals surface area contributed by atoms with E-state index in [0.717, 1.165) is 38.9 Å². The maximum Gasteiger partial charge on any atom is 0.162 e. The molecular weight excluding hydrogens is 422 g/mol. The van der Waals surface area contributed by atoms with Crippen molar-refractivity contribution >= 4 is 49.9 Å². The fourth-order valence-electron chi connectivity index (χ4n) is 3.00. The second kappa shape index (κ2) is 7.67. The average Bonchev–Trinajstić information content (AvgIpc) is 2.68. The second-order valence-corrected chi connectivity index (χ2v) is 7.55. The van der Waals surface area contributed by atoms with E-state index in [1.165, 1.54) is 5.56 Å². The van der Waals surface area contributed by atoms with Crippen molar-refractivity contribution in [1.82, 2.24) is 9.97 Å². The van der Waals surface area contributed by atoms with Gasteiger partial charge in [-0.1, -0.05) is 64.8 Å². The summed E-state index contributed by atoms with van der Waals surface area (Å²) < 4.78 is 1.02. The van der Waals surface area contributed by atoms with Gasteiger partial charge in [0.15, 0.2) is 5.82 Å². The van der Waals surface area contributed by atoms with Gasteiger partial charge in [-0.3, -0.25) is 0 Å². The lowest BCUT2D eigenvalue weighted by Crippen LogP contribution is -2.01. The second-order valence-electron chi connectivity index (χ2n) is 6.20. The van der Waals surface area contributed by atoms with E-state index in [1.807, 2.05) is 48.5 Å². The standard InChI is InChI=1S/C22H17BrClN3/c1-2-14-5-3-4-6-19(14)25-22-18-12-11-17(24)13-20(18)26-21(27-22)15-7-9-16(23)10-8-15/h3-13H,2H2,1H3,(H,25,26,27). The Morgan fingerprint density at radius 2 is 1.74 bits per heavy atom. The first-order valence-electron chi connectivity index (χ1n) is 8.72. The van der Waals surface area contributed by atoms with Crippen LogP contribution in [-0.2, 0) is 6.42 Å². The highest BCUT2D eigenvalue weighted by Crippen LogP contribution is 2.30. The van der Waals surface area contributed by atoms with E-state index < -0.39 is 0 Å². The van der Waals surface area contributed by atoms with Crippen molar-refractivity contribution in [3.8, 4) is 11.4 Å². The number of benzene rings is 3. The van der Waals surface area contributed by atoms with E-state index in [0.29, 0.717) is 10.8 Å². The van der Waals surface area contributed by atoms with E-state index in [1.54, 1.807) is 0 Å². The van der Waals surface area contributed by atoms with Gasteiger partial charge < -0.3 is 5.32 Å². The van der Waals surface area contributed by atoms with Gasteiger partial charge in [0.1, 0.15) is 5.82 Å². The molecule has 27 heavy (non-hydrogen) atoms. The Kier molecular flexibility index (Phi) is 5.10. The van der Waals surface area contributed by atoms with Crippen LogP contribution in [0.2, 0.25) is 5.02 Å². The number of aryl methyl sites for hydroxylation is 1. The van der Waals surface area contributed by atoms with Gasteiger partial charge in [0.2, 0.25) is 0 Å². The Hall–Kier alpha value is -2.43. The van der Waals surface area contributed by atoms with E-state index in [-0.39, 0.29) is 0 Å². The molecule has 4 aromatic rings. The zero-order chi connectivity index (χ0) is 18.8. The molecule has 0 fully saturated rings. The molecule has 3 aromatic carbocycles. The van der Waals surface area contributed by atoms with Crippen LogP contribution in [0.5, 0.6) is 0 Å². The first kappa shape index (κ1) is 18.0. The minimum atomic E-state index is 0.655. The van der Waals surface area contributed by atoms with Crippen LogP contribution >= 0.6 is 27.5 Å². The average molecular weight is 439 g/mol. The van der Waals surface area contributed by atoms with Crippen LogP contribution in [0.25, 0.3) is 22.3 Å². The number of rotatable bonds is 4. The lowest BCUT2D eigenvalue weighted by atomic mass is 10.1. The van der Waals surface area contributed by atoms with Crippen LogP contribution < -0.4 is 5.32 Å². The fraction of sp³-hybridized carbons (Fsp3) is 0.0909. The topological polar surface area (TPSA) is 37.8 Å². The summed E-state index contributed by atoms with van der Waals surface area (Å²) in [5, 5.41) is 5.10. The number of anilines is 2. The zero-order valence-corrected chi connectivity index (χ0v) is 17.1. The summed E-state index contributed by atoms with van der Waals surface area (Å²) in [5.74, 6) is 1.43. The van der Waals surface area contributed by atoms with Gasteiger partial charge in [0.25, 0.3) is 0 Å². The van der Waals surface area contributed by atoms with Crippen molar-refractivity contribution in [1.29, 1.82) is 0 Å². The molecule has 0 saturated heterocycles. The Morgan fingerprint density at radius 3 is 2.52 bits per heavy atom. The van der Waals surface area contributed by atoms with Crippen LogP contribution in [0.1, 0.15) is 12.5 Å². The summed E-state index contributed by atoms with van der Waals surface area (Å²) in [6, 6.07) is 21.9. The molecule has 134 valence electrons. The Labute approximate surface area is 171 Å².